The highest BCUT2D eigenvalue weighted by Crippen LogP contribution is 2.36. The Bertz CT molecular complexity index is 1110. The molecule has 0 radical (unpaired) electrons. The molecule has 1 aliphatic heterocycles. The molecule has 2 fully saturated rings. The van der Waals surface area contributed by atoms with Crippen molar-refractivity contribution >= 4 is 28.1 Å². The number of likely N-dealkylation sites (N-methyl/N-ethyl adjacent to an activating group) is 1. The minimum absolute atomic E-state index is 0.0148. The quantitative estimate of drug-likeness (QED) is 0.587. The Morgan fingerprint density at radius 1 is 1.06 bits per heavy atom. The molecule has 2 N–H and O–H groups in total. The van der Waals surface area contributed by atoms with Gasteiger partial charge in [0.15, 0.2) is 0 Å². The largest absolute Gasteiger partial charge is 0.368 e. The fourth-order valence-electron chi connectivity index (χ4n) is 5.42. The normalized spacial score (nSPS) is 19.8. The first-order valence-electron chi connectivity index (χ1n) is 12.1. The van der Waals surface area contributed by atoms with Crippen LogP contribution >= 0.6 is 0 Å². The zero-order valence-corrected chi connectivity index (χ0v) is 19.3. The highest BCUT2D eigenvalue weighted by atomic mass is 16.1. The number of nitrogens with zero attached hydrogens (tertiary/aromatic N) is 3. The van der Waals surface area contributed by atoms with E-state index in [0.29, 0.717) is 12.0 Å². The molecule has 1 aromatic heterocycles. The van der Waals surface area contributed by atoms with Gasteiger partial charge in [-0.05, 0) is 63.5 Å². The standard InChI is InChI=1S/C26H35N5O/c1-29(2)21-13-14-30(18-21)24-16-25-23(15-22(24)27-20-11-7-4-8-12-20)28-26(32)31(25)17-19-9-5-3-6-10-19/h4,7-8,11-12,15-16,19,21,27H,3,5-6,9-10,13-14,17-18H2,1-2H3,(H,28,32)/t21-/m0/s1. The van der Waals surface area contributed by atoms with Crippen LogP contribution in [0.15, 0.2) is 47.3 Å². The van der Waals surface area contributed by atoms with Crippen LogP contribution in [0.1, 0.15) is 38.5 Å². The van der Waals surface area contributed by atoms with Crippen LogP contribution in [-0.4, -0.2) is 47.7 Å². The lowest BCUT2D eigenvalue weighted by molar-refractivity contribution is 0.315. The molecule has 2 heterocycles. The fraction of sp³-hybridized carbons (Fsp3) is 0.500. The van der Waals surface area contributed by atoms with Crippen molar-refractivity contribution in [3.05, 3.63) is 52.9 Å². The zero-order chi connectivity index (χ0) is 22.1. The third-order valence-corrected chi connectivity index (χ3v) is 7.34. The summed E-state index contributed by atoms with van der Waals surface area (Å²) in [5.41, 5.74) is 5.25. The SMILES string of the molecule is CN(C)[C@H]1CCN(c2cc3c(cc2Nc2ccccc2)[nH]c(=O)n3CC2CCCCC2)C1. The van der Waals surface area contributed by atoms with E-state index in [0.717, 1.165) is 48.5 Å². The Morgan fingerprint density at radius 3 is 2.56 bits per heavy atom. The van der Waals surface area contributed by atoms with Gasteiger partial charge in [0.1, 0.15) is 0 Å². The van der Waals surface area contributed by atoms with E-state index in [2.05, 4.69) is 58.5 Å². The molecule has 6 nitrogen and oxygen atoms in total. The molecule has 3 aromatic rings. The van der Waals surface area contributed by atoms with E-state index >= 15 is 0 Å². The van der Waals surface area contributed by atoms with Gasteiger partial charge in [0.05, 0.1) is 22.4 Å². The summed E-state index contributed by atoms with van der Waals surface area (Å²) in [7, 11) is 4.32. The van der Waals surface area contributed by atoms with E-state index in [1.165, 1.54) is 37.8 Å². The van der Waals surface area contributed by atoms with Crippen LogP contribution in [0.3, 0.4) is 0 Å². The van der Waals surface area contributed by atoms with E-state index in [4.69, 9.17) is 0 Å². The van der Waals surface area contributed by atoms with E-state index in [-0.39, 0.29) is 5.69 Å². The number of hydrogen-bond acceptors (Lipinski definition) is 4. The van der Waals surface area contributed by atoms with Gasteiger partial charge in [-0.25, -0.2) is 4.79 Å². The van der Waals surface area contributed by atoms with Gasteiger partial charge in [0, 0.05) is 31.4 Å². The number of nitrogens with one attached hydrogen (secondary N) is 2. The molecule has 5 rings (SSSR count). The van der Waals surface area contributed by atoms with Crippen molar-refractivity contribution < 1.29 is 0 Å². The average molecular weight is 434 g/mol. The predicted octanol–water partition coefficient (Wildman–Crippen LogP) is 4.79. The van der Waals surface area contributed by atoms with Crippen LogP contribution in [0.2, 0.25) is 0 Å². The third kappa shape index (κ3) is 4.29. The van der Waals surface area contributed by atoms with Crippen LogP contribution in [-0.2, 0) is 6.54 Å². The monoisotopic (exact) mass is 433 g/mol. The number of rotatable bonds is 6. The number of hydrogen-bond donors (Lipinski definition) is 2. The van der Waals surface area contributed by atoms with Crippen LogP contribution in [0.5, 0.6) is 0 Å². The Labute approximate surface area is 190 Å². The van der Waals surface area contributed by atoms with Crippen molar-refractivity contribution in [3.8, 4) is 0 Å². The number of aromatic amines is 1. The second kappa shape index (κ2) is 9.02. The molecule has 0 bridgehead atoms. The lowest BCUT2D eigenvalue weighted by Gasteiger charge is -2.25. The van der Waals surface area contributed by atoms with Gasteiger partial charge in [0.2, 0.25) is 0 Å². The Balaban J connectivity index is 1.54. The van der Waals surface area contributed by atoms with Crippen LogP contribution in [0.25, 0.3) is 11.0 Å². The van der Waals surface area contributed by atoms with Gasteiger partial charge in [-0.2, -0.15) is 0 Å². The molecule has 170 valence electrons. The summed E-state index contributed by atoms with van der Waals surface area (Å²) >= 11 is 0. The Hall–Kier alpha value is -2.73. The number of aromatic nitrogens is 2. The number of fused-ring (bicyclic) bond motifs is 1. The smallest absolute Gasteiger partial charge is 0.326 e. The molecule has 1 aliphatic carbocycles. The highest BCUT2D eigenvalue weighted by molar-refractivity contribution is 5.90. The van der Waals surface area contributed by atoms with Crippen LogP contribution in [0.4, 0.5) is 17.1 Å². The summed E-state index contributed by atoms with van der Waals surface area (Å²) in [6.45, 7) is 2.85. The highest BCUT2D eigenvalue weighted by Gasteiger charge is 2.27. The van der Waals surface area contributed by atoms with Gasteiger partial charge in [-0.15, -0.1) is 0 Å². The molecule has 0 amide bonds. The maximum absolute atomic E-state index is 12.9. The average Bonchev–Trinajstić information content (AvgIpc) is 3.40. The minimum atomic E-state index is 0.0148. The van der Waals surface area contributed by atoms with Gasteiger partial charge in [-0.3, -0.25) is 4.57 Å². The van der Waals surface area contributed by atoms with Gasteiger partial charge in [0.25, 0.3) is 0 Å². The van der Waals surface area contributed by atoms with Gasteiger partial charge < -0.3 is 20.1 Å². The summed E-state index contributed by atoms with van der Waals surface area (Å²) in [4.78, 5) is 20.8. The predicted molar refractivity (Wildman–Crippen MR) is 133 cm³/mol. The van der Waals surface area contributed by atoms with E-state index < -0.39 is 0 Å². The first kappa shape index (κ1) is 21.1. The molecule has 1 saturated heterocycles. The molecule has 32 heavy (non-hydrogen) atoms. The van der Waals surface area contributed by atoms with Crippen LogP contribution in [0, 0.1) is 5.92 Å². The third-order valence-electron chi connectivity index (χ3n) is 7.34. The lowest BCUT2D eigenvalue weighted by atomic mass is 9.89. The number of imidazole rings is 1. The molecule has 1 saturated carbocycles. The number of para-hydroxylation sites is 1. The van der Waals surface area contributed by atoms with Gasteiger partial charge >= 0.3 is 5.69 Å². The first-order chi connectivity index (χ1) is 15.6. The second-order valence-corrected chi connectivity index (χ2v) is 9.77. The van der Waals surface area contributed by atoms with Crippen LogP contribution < -0.4 is 15.9 Å². The molecule has 2 aliphatic rings. The first-order valence-corrected chi connectivity index (χ1v) is 12.1. The van der Waals surface area contributed by atoms with Crippen molar-refractivity contribution in [2.45, 2.75) is 51.1 Å². The van der Waals surface area contributed by atoms with Crippen molar-refractivity contribution in [1.29, 1.82) is 0 Å². The summed E-state index contributed by atoms with van der Waals surface area (Å²) in [6.07, 6.45) is 7.53. The Morgan fingerprint density at radius 2 is 1.84 bits per heavy atom. The molecular formula is C26H35N5O. The number of anilines is 3. The molecular weight excluding hydrogens is 398 g/mol. The lowest BCUT2D eigenvalue weighted by Crippen LogP contribution is -2.31. The summed E-state index contributed by atoms with van der Waals surface area (Å²) < 4.78 is 1.99. The molecule has 0 spiro atoms. The molecule has 6 heteroatoms. The fourth-order valence-corrected chi connectivity index (χ4v) is 5.42. The topological polar surface area (TPSA) is 56.3 Å². The summed E-state index contributed by atoms with van der Waals surface area (Å²) in [6, 6.07) is 15.2. The van der Waals surface area contributed by atoms with E-state index in [1.807, 2.05) is 22.8 Å². The molecule has 0 unspecified atom stereocenters. The number of benzene rings is 2. The van der Waals surface area contributed by atoms with E-state index in [1.54, 1.807) is 0 Å². The zero-order valence-electron chi connectivity index (χ0n) is 19.3. The maximum Gasteiger partial charge on any atom is 0.326 e. The van der Waals surface area contributed by atoms with Crippen molar-refractivity contribution in [2.75, 3.05) is 37.4 Å². The van der Waals surface area contributed by atoms with E-state index in [9.17, 15) is 4.79 Å². The van der Waals surface area contributed by atoms with Crippen molar-refractivity contribution in [1.82, 2.24) is 14.5 Å². The van der Waals surface area contributed by atoms with Crippen molar-refractivity contribution in [2.24, 2.45) is 5.92 Å². The summed E-state index contributed by atoms with van der Waals surface area (Å²) in [5, 5.41) is 3.61. The second-order valence-electron chi connectivity index (χ2n) is 9.77. The minimum Gasteiger partial charge on any atom is -0.368 e. The Kier molecular flexibility index (Phi) is 5.96. The maximum atomic E-state index is 12.9. The summed E-state index contributed by atoms with van der Waals surface area (Å²) in [5.74, 6) is 0.607. The van der Waals surface area contributed by atoms with Gasteiger partial charge in [-0.1, -0.05) is 37.5 Å². The molecule has 1 atom stereocenters. The van der Waals surface area contributed by atoms with Crippen molar-refractivity contribution in [3.63, 3.8) is 0 Å². The molecule has 2 aromatic carbocycles. The number of H-pyrrole nitrogens is 1.